The molecule has 0 rings (SSSR count). The molecule has 0 spiro atoms. The van der Waals surface area contributed by atoms with E-state index in [4.69, 9.17) is 23.2 Å². The first kappa shape index (κ1) is 11.4. The van der Waals surface area contributed by atoms with E-state index in [-0.39, 0.29) is 0 Å². The lowest BCUT2D eigenvalue weighted by molar-refractivity contribution is 1.62. The Hall–Kier alpha value is 0.410. The maximum absolute atomic E-state index is 5.44. The Morgan fingerprint density at radius 2 is 1.27 bits per heavy atom. The molecule has 0 heterocycles. The van der Waals surface area contributed by atoms with Gasteiger partial charge < -0.3 is 0 Å². The van der Waals surface area contributed by atoms with Crippen molar-refractivity contribution >= 4 is 35.0 Å². The monoisotopic (exact) mass is 210 g/mol. The molecule has 0 aliphatic rings. The fraction of sp³-hybridized carbons (Fsp3) is 0.500. The van der Waals surface area contributed by atoms with Gasteiger partial charge >= 0.3 is 0 Å². The lowest BCUT2D eigenvalue weighted by atomic mass is 10.6. The molecule has 0 saturated carbocycles. The maximum atomic E-state index is 5.44. The fourth-order valence-corrected chi connectivity index (χ4v) is 1.40. The number of alkyl halides is 2. The topological polar surface area (TPSA) is 0 Å². The zero-order valence-electron chi connectivity index (χ0n) is 6.30. The minimum atomic E-state index is 0.609. The van der Waals surface area contributed by atoms with E-state index in [1.807, 2.05) is 23.9 Å². The van der Waals surface area contributed by atoms with Gasteiger partial charge in [0, 0.05) is 23.3 Å². The predicted octanol–water partition coefficient (Wildman–Crippen LogP) is 3.31. The first-order valence-electron chi connectivity index (χ1n) is 3.41. The second-order valence-electron chi connectivity index (χ2n) is 1.79. The van der Waals surface area contributed by atoms with Gasteiger partial charge in [0.1, 0.15) is 0 Å². The Morgan fingerprint density at radius 3 is 1.64 bits per heavy atom. The summed E-state index contributed by atoms with van der Waals surface area (Å²) in [6, 6.07) is 0. The highest BCUT2D eigenvalue weighted by Crippen LogP contribution is 2.00. The maximum Gasteiger partial charge on any atom is 0.0404 e. The number of hydrogen-bond donors (Lipinski definition) is 0. The summed E-state index contributed by atoms with van der Waals surface area (Å²) in [5, 5.41) is 0. The molecule has 0 unspecified atom stereocenters. The molecule has 0 fully saturated rings. The van der Waals surface area contributed by atoms with Gasteiger partial charge in [0.15, 0.2) is 0 Å². The molecule has 0 saturated heterocycles. The minimum Gasteiger partial charge on any atom is -0.154 e. The van der Waals surface area contributed by atoms with Gasteiger partial charge in [-0.05, 0) is 0 Å². The number of hydrogen-bond acceptors (Lipinski definition) is 1. The molecule has 0 amide bonds. The molecule has 11 heavy (non-hydrogen) atoms. The van der Waals surface area contributed by atoms with Gasteiger partial charge in [0.2, 0.25) is 0 Å². The van der Waals surface area contributed by atoms with Crippen molar-refractivity contribution in [2.45, 2.75) is 0 Å². The Labute approximate surface area is 82.6 Å². The molecule has 0 aliphatic carbocycles. The molecule has 0 atom stereocenters. The molecule has 0 aliphatic heterocycles. The van der Waals surface area contributed by atoms with Gasteiger partial charge in [0.05, 0.1) is 0 Å². The van der Waals surface area contributed by atoms with E-state index >= 15 is 0 Å². The van der Waals surface area contributed by atoms with Gasteiger partial charge in [-0.1, -0.05) is 24.3 Å². The lowest BCUT2D eigenvalue weighted by Crippen LogP contribution is -1.75. The van der Waals surface area contributed by atoms with Crippen LogP contribution in [-0.4, -0.2) is 23.3 Å². The number of halogens is 2. The van der Waals surface area contributed by atoms with E-state index in [1.54, 1.807) is 0 Å². The highest BCUT2D eigenvalue weighted by molar-refractivity contribution is 7.99. The van der Waals surface area contributed by atoms with Crippen LogP contribution in [0.2, 0.25) is 0 Å². The van der Waals surface area contributed by atoms with Crippen LogP contribution >= 0.6 is 35.0 Å². The predicted molar refractivity (Wildman–Crippen MR) is 57.0 cm³/mol. The summed E-state index contributed by atoms with van der Waals surface area (Å²) >= 11 is 12.7. The second-order valence-corrected chi connectivity index (χ2v) is 3.48. The van der Waals surface area contributed by atoms with Crippen LogP contribution in [0.4, 0.5) is 0 Å². The standard InChI is InChI=1S/C8H12Cl2S/c9-5-1-3-7-11-8-4-2-6-10/h1-4H,5-8H2. The van der Waals surface area contributed by atoms with Crippen LogP contribution in [0.5, 0.6) is 0 Å². The summed E-state index contributed by atoms with van der Waals surface area (Å²) in [6.07, 6.45) is 8.07. The minimum absolute atomic E-state index is 0.609. The molecule has 0 N–H and O–H groups in total. The van der Waals surface area contributed by atoms with Gasteiger partial charge in [-0.25, -0.2) is 0 Å². The SMILES string of the molecule is ClCC=CCSCC=CCCl. The van der Waals surface area contributed by atoms with Crippen LogP contribution in [0.3, 0.4) is 0 Å². The van der Waals surface area contributed by atoms with Crippen LogP contribution in [0.15, 0.2) is 24.3 Å². The fourth-order valence-electron chi connectivity index (χ4n) is 0.466. The highest BCUT2D eigenvalue weighted by Gasteiger charge is 1.78. The number of thioether (sulfide) groups is 1. The Bertz CT molecular complexity index is 107. The van der Waals surface area contributed by atoms with Crippen molar-refractivity contribution in [1.82, 2.24) is 0 Å². The van der Waals surface area contributed by atoms with E-state index in [1.165, 1.54) is 0 Å². The van der Waals surface area contributed by atoms with E-state index in [0.29, 0.717) is 11.8 Å². The van der Waals surface area contributed by atoms with Crippen LogP contribution in [-0.2, 0) is 0 Å². The zero-order chi connectivity index (χ0) is 8.36. The molecule has 3 heteroatoms. The molecular weight excluding hydrogens is 199 g/mol. The summed E-state index contributed by atoms with van der Waals surface area (Å²) in [5.74, 6) is 3.27. The third kappa shape index (κ3) is 10.4. The lowest BCUT2D eigenvalue weighted by Gasteiger charge is -1.89. The van der Waals surface area contributed by atoms with Crippen LogP contribution in [0.25, 0.3) is 0 Å². The molecule has 0 aromatic rings. The van der Waals surface area contributed by atoms with E-state index in [0.717, 1.165) is 11.5 Å². The van der Waals surface area contributed by atoms with Gasteiger partial charge in [-0.2, -0.15) is 11.8 Å². The summed E-state index contributed by atoms with van der Waals surface area (Å²) in [6.45, 7) is 0. The van der Waals surface area contributed by atoms with Crippen molar-refractivity contribution in [2.75, 3.05) is 23.3 Å². The summed E-state index contributed by atoms with van der Waals surface area (Å²) < 4.78 is 0. The summed E-state index contributed by atoms with van der Waals surface area (Å²) in [5.41, 5.74) is 0. The van der Waals surface area contributed by atoms with Crippen molar-refractivity contribution in [3.8, 4) is 0 Å². The van der Waals surface area contributed by atoms with Gasteiger partial charge in [-0.15, -0.1) is 23.2 Å². The molecule has 0 bridgehead atoms. The first-order valence-corrected chi connectivity index (χ1v) is 5.64. The third-order valence-electron chi connectivity index (χ3n) is 0.940. The van der Waals surface area contributed by atoms with Crippen LogP contribution in [0, 0.1) is 0 Å². The van der Waals surface area contributed by atoms with E-state index in [9.17, 15) is 0 Å². The Morgan fingerprint density at radius 1 is 0.818 bits per heavy atom. The number of allylic oxidation sites excluding steroid dienone is 2. The number of rotatable bonds is 6. The Kier molecular flexibility index (Phi) is 10.8. The zero-order valence-corrected chi connectivity index (χ0v) is 8.63. The normalized spacial score (nSPS) is 11.8. The average molecular weight is 211 g/mol. The van der Waals surface area contributed by atoms with Gasteiger partial charge in [0.25, 0.3) is 0 Å². The van der Waals surface area contributed by atoms with Gasteiger partial charge in [-0.3, -0.25) is 0 Å². The van der Waals surface area contributed by atoms with E-state index < -0.39 is 0 Å². The van der Waals surface area contributed by atoms with Crippen molar-refractivity contribution < 1.29 is 0 Å². The summed E-state index contributed by atoms with van der Waals surface area (Å²) in [7, 11) is 0. The average Bonchev–Trinajstić information content (AvgIpc) is 2.03. The van der Waals surface area contributed by atoms with Crippen molar-refractivity contribution in [3.63, 3.8) is 0 Å². The molecule has 0 aromatic carbocycles. The Balaban J connectivity index is 3.02. The van der Waals surface area contributed by atoms with Crippen LogP contribution in [0.1, 0.15) is 0 Å². The summed E-state index contributed by atoms with van der Waals surface area (Å²) in [4.78, 5) is 0. The molecule has 0 aromatic heterocycles. The highest BCUT2D eigenvalue weighted by atomic mass is 35.5. The molecule has 64 valence electrons. The molecule has 0 nitrogen and oxygen atoms in total. The third-order valence-corrected chi connectivity index (χ3v) is 2.15. The first-order chi connectivity index (χ1) is 5.41. The second kappa shape index (κ2) is 10.4. The van der Waals surface area contributed by atoms with Crippen LogP contribution < -0.4 is 0 Å². The largest absolute Gasteiger partial charge is 0.154 e. The molecule has 0 radical (unpaired) electrons. The van der Waals surface area contributed by atoms with Crippen molar-refractivity contribution in [3.05, 3.63) is 24.3 Å². The van der Waals surface area contributed by atoms with E-state index in [2.05, 4.69) is 12.2 Å². The quantitative estimate of drug-likeness (QED) is 0.369. The van der Waals surface area contributed by atoms with Crippen molar-refractivity contribution in [2.24, 2.45) is 0 Å². The molecular formula is C8H12Cl2S. The smallest absolute Gasteiger partial charge is 0.0404 e. The van der Waals surface area contributed by atoms with Crippen molar-refractivity contribution in [1.29, 1.82) is 0 Å².